The maximum Gasteiger partial charge on any atom is 0.198 e. The molecule has 124 valence electrons. The first-order valence-electron chi connectivity index (χ1n) is 8.36. The summed E-state index contributed by atoms with van der Waals surface area (Å²) in [6.45, 7) is 3.86. The van der Waals surface area contributed by atoms with Crippen molar-refractivity contribution in [3.05, 3.63) is 48.0 Å². The molecule has 24 heavy (non-hydrogen) atoms. The molecule has 0 atom stereocenters. The number of para-hydroxylation sites is 2. The molecule has 1 aliphatic rings. The fourth-order valence-electron chi connectivity index (χ4n) is 3.32. The van der Waals surface area contributed by atoms with Crippen LogP contribution in [0, 0.1) is 6.92 Å². The van der Waals surface area contributed by atoms with Crippen molar-refractivity contribution in [2.45, 2.75) is 25.7 Å². The number of piperidine rings is 1. The number of benzene rings is 1. The van der Waals surface area contributed by atoms with Crippen LogP contribution in [0.1, 0.15) is 30.3 Å². The van der Waals surface area contributed by atoms with E-state index in [1.807, 2.05) is 43.3 Å². The van der Waals surface area contributed by atoms with Gasteiger partial charge >= 0.3 is 0 Å². The number of aromatic nitrogens is 2. The second-order valence-electron chi connectivity index (χ2n) is 6.26. The minimum atomic E-state index is 0.365. The van der Waals surface area contributed by atoms with Crippen LogP contribution in [0.15, 0.2) is 40.8 Å². The van der Waals surface area contributed by atoms with E-state index in [0.29, 0.717) is 5.92 Å². The van der Waals surface area contributed by atoms with Crippen molar-refractivity contribution in [1.29, 1.82) is 0 Å². The number of pyridine rings is 1. The van der Waals surface area contributed by atoms with Gasteiger partial charge in [0, 0.05) is 24.7 Å². The number of ether oxygens (including phenoxy) is 1. The number of aryl methyl sites for hydroxylation is 1. The Morgan fingerprint density at radius 3 is 2.62 bits per heavy atom. The standard InChI is InChI=1S/C19H21N3O2/c1-13-7-8-17(23-2)18(20-13)22-11-9-14(10-12-22)19-21-15-5-3-4-6-16(15)24-19/h3-8,14H,9-12H2,1-2H3. The summed E-state index contributed by atoms with van der Waals surface area (Å²) in [6, 6.07) is 11.9. The summed E-state index contributed by atoms with van der Waals surface area (Å²) in [5.41, 5.74) is 2.82. The Bertz CT molecular complexity index is 818. The first kappa shape index (κ1) is 15.0. The SMILES string of the molecule is COc1ccc(C)nc1N1CCC(c2nc3ccccc3o2)CC1. The van der Waals surface area contributed by atoms with E-state index in [0.717, 1.165) is 60.2 Å². The third-order valence-electron chi connectivity index (χ3n) is 4.65. The molecule has 0 bridgehead atoms. The Hall–Kier alpha value is -2.56. The lowest BCUT2D eigenvalue weighted by Crippen LogP contribution is -2.34. The van der Waals surface area contributed by atoms with Gasteiger partial charge in [0.25, 0.3) is 0 Å². The molecule has 5 nitrogen and oxygen atoms in total. The van der Waals surface area contributed by atoms with Gasteiger partial charge in [-0.05, 0) is 44.0 Å². The Morgan fingerprint density at radius 1 is 1.08 bits per heavy atom. The number of rotatable bonds is 3. The highest BCUT2D eigenvalue weighted by Gasteiger charge is 2.26. The van der Waals surface area contributed by atoms with Gasteiger partial charge in [-0.2, -0.15) is 0 Å². The second kappa shape index (κ2) is 6.15. The summed E-state index contributed by atoms with van der Waals surface area (Å²) in [6.07, 6.45) is 2.01. The van der Waals surface area contributed by atoms with Crippen LogP contribution in [0.5, 0.6) is 5.75 Å². The Morgan fingerprint density at radius 2 is 1.88 bits per heavy atom. The number of fused-ring (bicyclic) bond motifs is 1. The topological polar surface area (TPSA) is 51.4 Å². The number of hydrogen-bond acceptors (Lipinski definition) is 5. The molecular formula is C19H21N3O2. The minimum Gasteiger partial charge on any atom is -0.493 e. The molecule has 0 radical (unpaired) electrons. The normalized spacial score (nSPS) is 15.8. The molecule has 3 heterocycles. The molecule has 0 unspecified atom stereocenters. The van der Waals surface area contributed by atoms with E-state index in [9.17, 15) is 0 Å². The summed E-state index contributed by atoms with van der Waals surface area (Å²) in [5, 5.41) is 0. The highest BCUT2D eigenvalue weighted by molar-refractivity contribution is 5.72. The van der Waals surface area contributed by atoms with Crippen LogP contribution in [-0.2, 0) is 0 Å². The average Bonchev–Trinajstić information content (AvgIpc) is 3.06. The number of hydrogen-bond donors (Lipinski definition) is 0. The second-order valence-corrected chi connectivity index (χ2v) is 6.26. The molecule has 1 fully saturated rings. The van der Waals surface area contributed by atoms with Crippen molar-refractivity contribution in [1.82, 2.24) is 9.97 Å². The summed E-state index contributed by atoms with van der Waals surface area (Å²) >= 11 is 0. The predicted octanol–water partition coefficient (Wildman–Crippen LogP) is 3.92. The molecule has 1 saturated heterocycles. The highest BCUT2D eigenvalue weighted by atomic mass is 16.5. The number of methoxy groups -OCH3 is 1. The molecule has 0 N–H and O–H groups in total. The van der Waals surface area contributed by atoms with Crippen molar-refractivity contribution in [2.75, 3.05) is 25.1 Å². The first-order valence-corrected chi connectivity index (χ1v) is 8.36. The van der Waals surface area contributed by atoms with Crippen LogP contribution in [0.2, 0.25) is 0 Å². The van der Waals surface area contributed by atoms with Gasteiger partial charge < -0.3 is 14.1 Å². The smallest absolute Gasteiger partial charge is 0.198 e. The van der Waals surface area contributed by atoms with Crippen molar-refractivity contribution in [3.8, 4) is 5.75 Å². The zero-order valence-corrected chi connectivity index (χ0v) is 14.0. The van der Waals surface area contributed by atoms with E-state index < -0.39 is 0 Å². The summed E-state index contributed by atoms with van der Waals surface area (Å²) in [7, 11) is 1.70. The molecule has 5 heteroatoms. The maximum atomic E-state index is 5.94. The number of anilines is 1. The lowest BCUT2D eigenvalue weighted by atomic mass is 9.97. The van der Waals surface area contributed by atoms with Crippen molar-refractivity contribution >= 4 is 16.9 Å². The van der Waals surface area contributed by atoms with Gasteiger partial charge in [0.15, 0.2) is 23.0 Å². The molecule has 0 aliphatic carbocycles. The molecular weight excluding hydrogens is 302 g/mol. The zero-order chi connectivity index (χ0) is 16.5. The average molecular weight is 323 g/mol. The first-order chi connectivity index (χ1) is 11.7. The van der Waals surface area contributed by atoms with Crippen molar-refractivity contribution < 1.29 is 9.15 Å². The summed E-state index contributed by atoms with van der Waals surface area (Å²) in [4.78, 5) is 11.6. The van der Waals surface area contributed by atoms with Gasteiger partial charge in [0.2, 0.25) is 0 Å². The number of nitrogens with zero attached hydrogens (tertiary/aromatic N) is 3. The monoisotopic (exact) mass is 323 g/mol. The summed E-state index contributed by atoms with van der Waals surface area (Å²) in [5.74, 6) is 3.00. The maximum absolute atomic E-state index is 5.94. The van der Waals surface area contributed by atoms with Crippen LogP contribution in [-0.4, -0.2) is 30.2 Å². The van der Waals surface area contributed by atoms with Crippen molar-refractivity contribution in [2.24, 2.45) is 0 Å². The third kappa shape index (κ3) is 2.70. The largest absolute Gasteiger partial charge is 0.493 e. The van der Waals surface area contributed by atoms with Crippen molar-refractivity contribution in [3.63, 3.8) is 0 Å². The van der Waals surface area contributed by atoms with Gasteiger partial charge in [-0.3, -0.25) is 0 Å². The molecule has 1 aliphatic heterocycles. The molecule has 2 aromatic heterocycles. The van der Waals surface area contributed by atoms with E-state index >= 15 is 0 Å². The summed E-state index contributed by atoms with van der Waals surface area (Å²) < 4.78 is 11.4. The van der Waals surface area contributed by atoms with E-state index in [1.54, 1.807) is 7.11 Å². The van der Waals surface area contributed by atoms with Gasteiger partial charge in [-0.1, -0.05) is 12.1 Å². The molecule has 0 amide bonds. The minimum absolute atomic E-state index is 0.365. The van der Waals surface area contributed by atoms with E-state index in [-0.39, 0.29) is 0 Å². The Kier molecular flexibility index (Phi) is 3.84. The fourth-order valence-corrected chi connectivity index (χ4v) is 3.32. The van der Waals surface area contributed by atoms with Crippen LogP contribution < -0.4 is 9.64 Å². The predicted molar refractivity (Wildman–Crippen MR) is 93.7 cm³/mol. The molecule has 4 rings (SSSR count). The van der Waals surface area contributed by atoms with Crippen LogP contribution in [0.4, 0.5) is 5.82 Å². The molecule has 0 spiro atoms. The lowest BCUT2D eigenvalue weighted by Gasteiger charge is -2.32. The molecule has 3 aromatic rings. The Labute approximate surface area is 141 Å². The molecule has 0 saturated carbocycles. The third-order valence-corrected chi connectivity index (χ3v) is 4.65. The van der Waals surface area contributed by atoms with Gasteiger partial charge in [0.05, 0.1) is 7.11 Å². The Balaban J connectivity index is 1.51. The van der Waals surface area contributed by atoms with Gasteiger partial charge in [-0.15, -0.1) is 0 Å². The van der Waals surface area contributed by atoms with Crippen LogP contribution in [0.25, 0.3) is 11.1 Å². The quantitative estimate of drug-likeness (QED) is 0.731. The van der Waals surface area contributed by atoms with E-state index in [1.165, 1.54) is 0 Å². The number of oxazole rings is 1. The van der Waals surface area contributed by atoms with E-state index in [4.69, 9.17) is 9.15 Å². The van der Waals surface area contributed by atoms with Crippen LogP contribution in [0.3, 0.4) is 0 Å². The van der Waals surface area contributed by atoms with E-state index in [2.05, 4.69) is 14.9 Å². The zero-order valence-electron chi connectivity index (χ0n) is 14.0. The van der Waals surface area contributed by atoms with Gasteiger partial charge in [0.1, 0.15) is 5.52 Å². The van der Waals surface area contributed by atoms with Gasteiger partial charge in [-0.25, -0.2) is 9.97 Å². The highest BCUT2D eigenvalue weighted by Crippen LogP contribution is 2.34. The van der Waals surface area contributed by atoms with Crippen LogP contribution >= 0.6 is 0 Å². The fraction of sp³-hybridized carbons (Fsp3) is 0.368. The molecule has 1 aromatic carbocycles. The lowest BCUT2D eigenvalue weighted by molar-refractivity contribution is 0.393.